The molecular weight excluding hydrogens is 262 g/mol. The smallest absolute Gasteiger partial charge is 0.411 e. The Hall–Kier alpha value is -2.15. The van der Waals surface area contributed by atoms with Gasteiger partial charge in [-0.2, -0.15) is 0 Å². The number of nitro groups is 1. The first-order chi connectivity index (χ1) is 9.65. The van der Waals surface area contributed by atoms with Crippen LogP contribution in [0.5, 0.6) is 0 Å². The molecule has 1 aliphatic rings. The number of anilines is 1. The summed E-state index contributed by atoms with van der Waals surface area (Å²) in [5.41, 5.74) is 0.458. The second kappa shape index (κ2) is 6.85. The average molecular weight is 279 g/mol. The standard InChI is InChI=1S/C13H17N3O4/c17-13(20-9-10-2-1-7-14-8-10)15-11-3-5-12(6-4-11)16(18)19/h3-6,10,14H,1-2,7-9H2,(H,15,17). The molecule has 1 amide bonds. The number of hydrogen-bond donors (Lipinski definition) is 2. The molecule has 0 saturated carbocycles. The molecule has 1 heterocycles. The molecule has 1 unspecified atom stereocenters. The molecule has 7 heteroatoms. The molecule has 1 aliphatic heterocycles. The van der Waals surface area contributed by atoms with Crippen molar-refractivity contribution in [3.05, 3.63) is 34.4 Å². The van der Waals surface area contributed by atoms with E-state index in [1.165, 1.54) is 24.3 Å². The fourth-order valence-electron chi connectivity index (χ4n) is 2.08. The van der Waals surface area contributed by atoms with Crippen molar-refractivity contribution >= 4 is 17.5 Å². The second-order valence-corrected chi connectivity index (χ2v) is 4.74. The van der Waals surface area contributed by atoms with Crippen LogP contribution >= 0.6 is 0 Å². The Morgan fingerprint density at radius 3 is 2.80 bits per heavy atom. The molecule has 0 aliphatic carbocycles. The largest absolute Gasteiger partial charge is 0.449 e. The Bertz CT molecular complexity index is 469. The van der Waals surface area contributed by atoms with Crippen molar-refractivity contribution in [2.45, 2.75) is 12.8 Å². The minimum atomic E-state index is -0.538. The molecule has 1 saturated heterocycles. The van der Waals surface area contributed by atoms with Crippen LogP contribution in [0, 0.1) is 16.0 Å². The van der Waals surface area contributed by atoms with Crippen LogP contribution in [0.3, 0.4) is 0 Å². The van der Waals surface area contributed by atoms with Crippen molar-refractivity contribution in [3.8, 4) is 0 Å². The van der Waals surface area contributed by atoms with Crippen molar-refractivity contribution in [3.63, 3.8) is 0 Å². The zero-order valence-electron chi connectivity index (χ0n) is 11.0. The first-order valence-electron chi connectivity index (χ1n) is 6.54. The number of nitrogens with zero attached hydrogens (tertiary/aromatic N) is 1. The van der Waals surface area contributed by atoms with Crippen LogP contribution in [0.4, 0.5) is 16.2 Å². The molecule has 1 aromatic carbocycles. The van der Waals surface area contributed by atoms with E-state index in [4.69, 9.17) is 4.74 Å². The van der Waals surface area contributed by atoms with Gasteiger partial charge in [-0.3, -0.25) is 15.4 Å². The van der Waals surface area contributed by atoms with Gasteiger partial charge in [-0.25, -0.2) is 4.79 Å². The number of rotatable bonds is 4. The Labute approximate surface area is 116 Å². The lowest BCUT2D eigenvalue weighted by molar-refractivity contribution is -0.384. The summed E-state index contributed by atoms with van der Waals surface area (Å²) in [5, 5.41) is 16.3. The summed E-state index contributed by atoms with van der Waals surface area (Å²) < 4.78 is 5.14. The van der Waals surface area contributed by atoms with E-state index in [-0.39, 0.29) is 5.69 Å². The lowest BCUT2D eigenvalue weighted by Crippen LogP contribution is -2.33. The number of piperidine rings is 1. The van der Waals surface area contributed by atoms with E-state index in [9.17, 15) is 14.9 Å². The zero-order valence-corrected chi connectivity index (χ0v) is 11.0. The van der Waals surface area contributed by atoms with E-state index in [0.717, 1.165) is 25.9 Å². The predicted octanol–water partition coefficient (Wildman–Crippen LogP) is 2.14. The first-order valence-corrected chi connectivity index (χ1v) is 6.54. The van der Waals surface area contributed by atoms with E-state index in [0.29, 0.717) is 18.2 Å². The number of nitrogens with one attached hydrogen (secondary N) is 2. The Kier molecular flexibility index (Phi) is 4.89. The molecule has 1 atom stereocenters. The highest BCUT2D eigenvalue weighted by Gasteiger charge is 2.15. The molecule has 2 N–H and O–H groups in total. The third kappa shape index (κ3) is 4.20. The highest BCUT2D eigenvalue weighted by Crippen LogP contribution is 2.16. The van der Waals surface area contributed by atoms with Gasteiger partial charge in [-0.05, 0) is 31.5 Å². The van der Waals surface area contributed by atoms with Crippen LogP contribution in [-0.2, 0) is 4.74 Å². The maximum atomic E-state index is 11.6. The highest BCUT2D eigenvalue weighted by molar-refractivity contribution is 5.84. The molecule has 20 heavy (non-hydrogen) atoms. The molecule has 0 aromatic heterocycles. The summed E-state index contributed by atoms with van der Waals surface area (Å²) in [6.45, 7) is 2.27. The SMILES string of the molecule is O=C(Nc1ccc([N+](=O)[O-])cc1)OCC1CCCNC1. The van der Waals surface area contributed by atoms with Crippen molar-refractivity contribution in [2.24, 2.45) is 5.92 Å². The summed E-state index contributed by atoms with van der Waals surface area (Å²) >= 11 is 0. The van der Waals surface area contributed by atoms with Crippen LogP contribution < -0.4 is 10.6 Å². The number of carbonyl (C=O) groups is 1. The zero-order chi connectivity index (χ0) is 14.4. The molecule has 0 bridgehead atoms. The third-order valence-corrected chi connectivity index (χ3v) is 3.17. The number of carbonyl (C=O) groups excluding carboxylic acids is 1. The quantitative estimate of drug-likeness (QED) is 0.650. The van der Waals surface area contributed by atoms with Gasteiger partial charge in [0.1, 0.15) is 0 Å². The summed E-state index contributed by atoms with van der Waals surface area (Å²) in [6.07, 6.45) is 1.61. The van der Waals surface area contributed by atoms with Crippen LogP contribution in [0.15, 0.2) is 24.3 Å². The molecule has 7 nitrogen and oxygen atoms in total. The molecule has 1 fully saturated rings. The maximum Gasteiger partial charge on any atom is 0.411 e. The lowest BCUT2D eigenvalue weighted by atomic mass is 10.0. The van der Waals surface area contributed by atoms with Crippen LogP contribution in [0.25, 0.3) is 0 Å². The Morgan fingerprint density at radius 2 is 2.20 bits per heavy atom. The van der Waals surface area contributed by atoms with Crippen LogP contribution in [0.1, 0.15) is 12.8 Å². The van der Waals surface area contributed by atoms with Crippen LogP contribution in [-0.4, -0.2) is 30.7 Å². The molecule has 2 rings (SSSR count). The van der Waals surface area contributed by atoms with Gasteiger partial charge in [0, 0.05) is 30.3 Å². The van der Waals surface area contributed by atoms with Crippen molar-refractivity contribution in [1.82, 2.24) is 5.32 Å². The van der Waals surface area contributed by atoms with Gasteiger partial charge < -0.3 is 10.1 Å². The summed E-state index contributed by atoms with van der Waals surface area (Å²) in [5.74, 6) is 0.353. The number of amides is 1. The van der Waals surface area contributed by atoms with Crippen molar-refractivity contribution in [1.29, 1.82) is 0 Å². The van der Waals surface area contributed by atoms with Gasteiger partial charge in [-0.1, -0.05) is 0 Å². The van der Waals surface area contributed by atoms with E-state index < -0.39 is 11.0 Å². The molecular formula is C13H17N3O4. The third-order valence-electron chi connectivity index (χ3n) is 3.17. The van der Waals surface area contributed by atoms with Gasteiger partial charge in [0.15, 0.2) is 0 Å². The topological polar surface area (TPSA) is 93.5 Å². The van der Waals surface area contributed by atoms with Crippen molar-refractivity contribution in [2.75, 3.05) is 25.0 Å². The molecule has 1 aromatic rings. The molecule has 0 radical (unpaired) electrons. The van der Waals surface area contributed by atoms with Gasteiger partial charge >= 0.3 is 6.09 Å². The molecule has 108 valence electrons. The minimum absolute atomic E-state index is 0.0165. The predicted molar refractivity (Wildman–Crippen MR) is 73.7 cm³/mol. The van der Waals surface area contributed by atoms with E-state index in [2.05, 4.69) is 10.6 Å². The number of non-ortho nitro benzene ring substituents is 1. The highest BCUT2D eigenvalue weighted by atomic mass is 16.6. The van der Waals surface area contributed by atoms with E-state index >= 15 is 0 Å². The van der Waals surface area contributed by atoms with E-state index in [1.807, 2.05) is 0 Å². The maximum absolute atomic E-state index is 11.6. The summed E-state index contributed by atoms with van der Waals surface area (Å²) in [6, 6.07) is 5.62. The Morgan fingerprint density at radius 1 is 1.45 bits per heavy atom. The van der Waals surface area contributed by atoms with Gasteiger partial charge in [0.25, 0.3) is 5.69 Å². The van der Waals surface area contributed by atoms with E-state index in [1.54, 1.807) is 0 Å². The lowest BCUT2D eigenvalue weighted by Gasteiger charge is -2.22. The average Bonchev–Trinajstić information content (AvgIpc) is 2.47. The fraction of sp³-hybridized carbons (Fsp3) is 0.462. The number of hydrogen-bond acceptors (Lipinski definition) is 5. The van der Waals surface area contributed by atoms with Crippen LogP contribution in [0.2, 0.25) is 0 Å². The fourth-order valence-corrected chi connectivity index (χ4v) is 2.08. The minimum Gasteiger partial charge on any atom is -0.449 e. The van der Waals surface area contributed by atoms with Crippen molar-refractivity contribution < 1.29 is 14.5 Å². The Balaban J connectivity index is 1.77. The normalized spacial score (nSPS) is 18.3. The molecule has 0 spiro atoms. The van der Waals surface area contributed by atoms with Gasteiger partial charge in [-0.15, -0.1) is 0 Å². The van der Waals surface area contributed by atoms with Gasteiger partial charge in [0.2, 0.25) is 0 Å². The number of benzene rings is 1. The first kappa shape index (κ1) is 14.3. The summed E-state index contributed by atoms with van der Waals surface area (Å²) in [4.78, 5) is 21.6. The second-order valence-electron chi connectivity index (χ2n) is 4.74. The number of nitro benzene ring substituents is 1. The number of ether oxygens (including phenoxy) is 1. The monoisotopic (exact) mass is 279 g/mol. The van der Waals surface area contributed by atoms with Gasteiger partial charge in [0.05, 0.1) is 11.5 Å². The summed E-state index contributed by atoms with van der Waals surface area (Å²) in [7, 11) is 0.